The van der Waals surface area contributed by atoms with Crippen LogP contribution in [0.3, 0.4) is 0 Å². The number of carbonyl (C=O) groups is 2. The van der Waals surface area contributed by atoms with Gasteiger partial charge in [-0.15, -0.1) is 0 Å². The minimum atomic E-state index is -0.495. The fourth-order valence-corrected chi connectivity index (χ4v) is 3.16. The molecule has 7 nitrogen and oxygen atoms in total. The van der Waals surface area contributed by atoms with E-state index in [0.29, 0.717) is 37.3 Å². The molecule has 24 heavy (non-hydrogen) atoms. The number of rotatable bonds is 3. The number of aromatic amines is 1. The topological polar surface area (TPSA) is 86.6 Å². The van der Waals surface area contributed by atoms with Crippen molar-refractivity contribution < 1.29 is 14.0 Å². The maximum absolute atomic E-state index is 12.5. The summed E-state index contributed by atoms with van der Waals surface area (Å²) in [4.78, 5) is 42.0. The van der Waals surface area contributed by atoms with Crippen LogP contribution in [0.15, 0.2) is 27.4 Å². The Balaban J connectivity index is 1.37. The van der Waals surface area contributed by atoms with Crippen molar-refractivity contribution in [3.05, 3.63) is 34.3 Å². The number of benzene rings is 1. The Kier molecular flexibility index (Phi) is 3.63. The minimum Gasteiger partial charge on any atom is -0.408 e. The van der Waals surface area contributed by atoms with Gasteiger partial charge in [0.15, 0.2) is 5.58 Å². The molecule has 2 heterocycles. The van der Waals surface area contributed by atoms with E-state index < -0.39 is 5.76 Å². The molecule has 1 aliphatic heterocycles. The first-order valence-corrected chi connectivity index (χ1v) is 8.28. The second kappa shape index (κ2) is 5.81. The summed E-state index contributed by atoms with van der Waals surface area (Å²) >= 11 is 0. The first-order valence-electron chi connectivity index (χ1n) is 8.28. The number of amides is 2. The largest absolute Gasteiger partial charge is 0.417 e. The Morgan fingerprint density at radius 1 is 1.12 bits per heavy atom. The zero-order valence-corrected chi connectivity index (χ0v) is 13.3. The van der Waals surface area contributed by atoms with Crippen molar-refractivity contribution in [2.45, 2.75) is 19.3 Å². The van der Waals surface area contributed by atoms with E-state index in [9.17, 15) is 14.4 Å². The molecule has 7 heteroatoms. The van der Waals surface area contributed by atoms with Crippen LogP contribution >= 0.6 is 0 Å². The minimum absolute atomic E-state index is 0.0405. The Bertz CT molecular complexity index is 841. The van der Waals surface area contributed by atoms with Gasteiger partial charge in [-0.05, 0) is 30.5 Å². The van der Waals surface area contributed by atoms with Crippen molar-refractivity contribution in [2.75, 3.05) is 26.2 Å². The van der Waals surface area contributed by atoms with Crippen molar-refractivity contribution in [1.29, 1.82) is 0 Å². The van der Waals surface area contributed by atoms with Gasteiger partial charge in [0.25, 0.3) is 0 Å². The number of oxazole rings is 1. The molecule has 2 fully saturated rings. The highest BCUT2D eigenvalue weighted by molar-refractivity contribution is 5.83. The fraction of sp³-hybridized carbons (Fsp3) is 0.471. The monoisotopic (exact) mass is 329 g/mol. The summed E-state index contributed by atoms with van der Waals surface area (Å²) in [7, 11) is 0. The van der Waals surface area contributed by atoms with E-state index in [1.54, 1.807) is 23.1 Å². The van der Waals surface area contributed by atoms with E-state index in [-0.39, 0.29) is 24.2 Å². The van der Waals surface area contributed by atoms with Gasteiger partial charge in [0, 0.05) is 32.1 Å². The normalized spacial score (nSPS) is 18.2. The van der Waals surface area contributed by atoms with E-state index >= 15 is 0 Å². The summed E-state index contributed by atoms with van der Waals surface area (Å²) in [6, 6.07) is 5.26. The quantitative estimate of drug-likeness (QED) is 0.900. The first-order chi connectivity index (χ1) is 11.6. The molecule has 1 saturated carbocycles. The number of fused-ring (bicyclic) bond motifs is 1. The van der Waals surface area contributed by atoms with Crippen LogP contribution in [-0.4, -0.2) is 52.8 Å². The van der Waals surface area contributed by atoms with E-state index in [0.717, 1.165) is 18.4 Å². The lowest BCUT2D eigenvalue weighted by atomic mass is 10.1. The lowest BCUT2D eigenvalue weighted by Crippen LogP contribution is -2.51. The summed E-state index contributed by atoms with van der Waals surface area (Å²) in [5.41, 5.74) is 1.93. The standard InChI is InChI=1S/C17H19N3O4/c21-15(10-11-1-4-14-13(9-11)18-17(23)24-14)19-5-7-20(8-6-19)16(22)12-2-3-12/h1,4,9,12H,2-3,5-8,10H2,(H,18,23). The van der Waals surface area contributed by atoms with Crippen LogP contribution in [0.25, 0.3) is 11.1 Å². The summed E-state index contributed by atoms with van der Waals surface area (Å²) in [6.07, 6.45) is 2.30. The number of aromatic nitrogens is 1. The number of hydrogen-bond acceptors (Lipinski definition) is 4. The molecule has 126 valence electrons. The van der Waals surface area contributed by atoms with Gasteiger partial charge >= 0.3 is 5.76 Å². The van der Waals surface area contributed by atoms with Gasteiger partial charge in [0.2, 0.25) is 11.8 Å². The van der Waals surface area contributed by atoms with Crippen LogP contribution in [0, 0.1) is 5.92 Å². The van der Waals surface area contributed by atoms with Crippen molar-refractivity contribution in [2.24, 2.45) is 5.92 Å². The molecule has 0 bridgehead atoms. The Hall–Kier alpha value is -2.57. The Labute approximate surface area is 138 Å². The second-order valence-electron chi connectivity index (χ2n) is 6.50. The van der Waals surface area contributed by atoms with E-state index in [4.69, 9.17) is 4.42 Å². The number of H-pyrrole nitrogens is 1. The molecule has 1 aromatic carbocycles. The van der Waals surface area contributed by atoms with Crippen molar-refractivity contribution in [1.82, 2.24) is 14.8 Å². The highest BCUT2D eigenvalue weighted by Crippen LogP contribution is 2.31. The smallest absolute Gasteiger partial charge is 0.408 e. The molecule has 2 aromatic rings. The summed E-state index contributed by atoms with van der Waals surface area (Å²) in [5.74, 6) is 0.0243. The van der Waals surface area contributed by atoms with Gasteiger partial charge in [-0.3, -0.25) is 14.6 Å². The number of hydrogen-bond donors (Lipinski definition) is 1. The molecule has 1 N–H and O–H groups in total. The lowest BCUT2D eigenvalue weighted by molar-refractivity contribution is -0.140. The molecule has 0 unspecified atom stereocenters. The average molecular weight is 329 g/mol. The second-order valence-corrected chi connectivity index (χ2v) is 6.50. The third kappa shape index (κ3) is 2.93. The van der Waals surface area contributed by atoms with Crippen LogP contribution < -0.4 is 5.76 Å². The highest BCUT2D eigenvalue weighted by Gasteiger charge is 2.35. The first kappa shape index (κ1) is 15.0. The van der Waals surface area contributed by atoms with E-state index in [1.807, 2.05) is 4.90 Å². The highest BCUT2D eigenvalue weighted by atomic mass is 16.4. The predicted octanol–water partition coefficient (Wildman–Crippen LogP) is 0.744. The van der Waals surface area contributed by atoms with E-state index in [1.165, 1.54) is 0 Å². The molecule has 1 saturated heterocycles. The fourth-order valence-electron chi connectivity index (χ4n) is 3.16. The third-order valence-corrected chi connectivity index (χ3v) is 4.71. The van der Waals surface area contributed by atoms with Gasteiger partial charge in [-0.25, -0.2) is 4.79 Å². The molecular formula is C17H19N3O4. The molecule has 2 aliphatic rings. The zero-order valence-electron chi connectivity index (χ0n) is 13.3. The molecule has 1 aromatic heterocycles. The average Bonchev–Trinajstić information content (AvgIpc) is 3.36. The Morgan fingerprint density at radius 2 is 1.83 bits per heavy atom. The Morgan fingerprint density at radius 3 is 2.54 bits per heavy atom. The molecule has 2 amide bonds. The van der Waals surface area contributed by atoms with Crippen molar-refractivity contribution in [3.8, 4) is 0 Å². The molecule has 0 spiro atoms. The summed E-state index contributed by atoms with van der Waals surface area (Å²) in [6.45, 7) is 2.41. The molecular weight excluding hydrogens is 310 g/mol. The van der Waals surface area contributed by atoms with Crippen molar-refractivity contribution >= 4 is 22.9 Å². The molecule has 0 atom stereocenters. The molecule has 1 aliphatic carbocycles. The zero-order chi connectivity index (χ0) is 16.7. The third-order valence-electron chi connectivity index (χ3n) is 4.71. The predicted molar refractivity (Wildman–Crippen MR) is 86.4 cm³/mol. The maximum Gasteiger partial charge on any atom is 0.417 e. The van der Waals surface area contributed by atoms with Crippen LogP contribution in [0.4, 0.5) is 0 Å². The number of nitrogens with one attached hydrogen (secondary N) is 1. The van der Waals surface area contributed by atoms with Gasteiger partial charge < -0.3 is 14.2 Å². The SMILES string of the molecule is O=C(Cc1ccc2oc(=O)[nH]c2c1)N1CCN(C(=O)C2CC2)CC1. The van der Waals surface area contributed by atoms with E-state index in [2.05, 4.69) is 4.98 Å². The molecule has 0 radical (unpaired) electrons. The van der Waals surface area contributed by atoms with Crippen LogP contribution in [0.2, 0.25) is 0 Å². The van der Waals surface area contributed by atoms with Crippen LogP contribution in [-0.2, 0) is 16.0 Å². The van der Waals surface area contributed by atoms with Gasteiger partial charge in [0.05, 0.1) is 11.9 Å². The lowest BCUT2D eigenvalue weighted by Gasteiger charge is -2.35. The summed E-state index contributed by atoms with van der Waals surface area (Å²) < 4.78 is 4.96. The maximum atomic E-state index is 12.5. The van der Waals surface area contributed by atoms with Gasteiger partial charge in [-0.1, -0.05) is 6.07 Å². The van der Waals surface area contributed by atoms with Gasteiger partial charge in [-0.2, -0.15) is 0 Å². The van der Waals surface area contributed by atoms with Crippen LogP contribution in [0.1, 0.15) is 18.4 Å². The number of piperazine rings is 1. The van der Waals surface area contributed by atoms with Gasteiger partial charge in [0.1, 0.15) is 0 Å². The molecule has 4 rings (SSSR count). The van der Waals surface area contributed by atoms with Crippen LogP contribution in [0.5, 0.6) is 0 Å². The van der Waals surface area contributed by atoms with Crippen molar-refractivity contribution in [3.63, 3.8) is 0 Å². The number of nitrogens with zero attached hydrogens (tertiary/aromatic N) is 2. The number of carbonyl (C=O) groups excluding carboxylic acids is 2. The summed E-state index contributed by atoms with van der Waals surface area (Å²) in [5, 5.41) is 0.